The third kappa shape index (κ3) is 4.62. The second-order valence-electron chi connectivity index (χ2n) is 6.54. The van der Waals surface area contributed by atoms with Crippen molar-refractivity contribution in [1.82, 2.24) is 4.90 Å². The molecule has 1 aliphatic rings. The van der Waals surface area contributed by atoms with E-state index in [1.807, 2.05) is 19.1 Å². The summed E-state index contributed by atoms with van der Waals surface area (Å²) >= 11 is 6.12. The lowest BCUT2D eigenvalue weighted by Crippen LogP contribution is -2.44. The molecular weight excluding hydrogens is 364 g/mol. The van der Waals surface area contributed by atoms with Crippen LogP contribution in [0, 0.1) is 0 Å². The first-order chi connectivity index (χ1) is 13.0. The molecule has 3 rings (SSSR count). The lowest BCUT2D eigenvalue weighted by Gasteiger charge is -2.31. The van der Waals surface area contributed by atoms with Crippen LogP contribution in [0.5, 0.6) is 11.5 Å². The van der Waals surface area contributed by atoms with Crippen LogP contribution in [0.15, 0.2) is 48.5 Å². The van der Waals surface area contributed by atoms with Crippen LogP contribution in [0.25, 0.3) is 5.57 Å². The number of benzene rings is 2. The Morgan fingerprint density at radius 2 is 2.00 bits per heavy atom. The molecule has 2 aromatic rings. The molecule has 0 unspecified atom stereocenters. The van der Waals surface area contributed by atoms with Crippen LogP contribution in [0.1, 0.15) is 18.9 Å². The molecule has 1 atom stereocenters. The van der Waals surface area contributed by atoms with Gasteiger partial charge in [-0.05, 0) is 54.8 Å². The van der Waals surface area contributed by atoms with Crippen molar-refractivity contribution in [1.29, 1.82) is 0 Å². The largest absolute Gasteiger partial charge is 0.508 e. The van der Waals surface area contributed by atoms with Crippen molar-refractivity contribution in [3.8, 4) is 11.5 Å². The topological polar surface area (TPSA) is 61.8 Å². The average Bonchev–Trinajstić information content (AvgIpc) is 2.68. The molecule has 2 N–H and O–H groups in total. The molecule has 2 aromatic carbocycles. The Hall–Kier alpha value is -2.50. The van der Waals surface area contributed by atoms with E-state index in [1.54, 1.807) is 37.4 Å². The fraction of sp³-hybridized carbons (Fsp3) is 0.286. The third-order valence-electron chi connectivity index (χ3n) is 4.83. The molecule has 1 aliphatic heterocycles. The number of halogens is 1. The van der Waals surface area contributed by atoms with E-state index in [9.17, 15) is 9.90 Å². The van der Waals surface area contributed by atoms with Crippen molar-refractivity contribution in [2.24, 2.45) is 0 Å². The summed E-state index contributed by atoms with van der Waals surface area (Å²) in [5, 5.41) is 12.8. The highest BCUT2D eigenvalue weighted by Crippen LogP contribution is 2.28. The molecule has 0 fully saturated rings. The van der Waals surface area contributed by atoms with Crippen LogP contribution in [0.3, 0.4) is 0 Å². The van der Waals surface area contributed by atoms with Gasteiger partial charge in [0.25, 0.3) is 0 Å². The standard InChI is InChI=1S/C21H23ClN2O3/c1-14(21(26)23-17-5-8-20(27-2)19(22)13-17)24-11-9-16(10-12-24)15-3-6-18(25)7-4-15/h3-9,13-14,25H,10-12H2,1-2H3,(H,23,26)/t14-/m0/s1. The van der Waals surface area contributed by atoms with Crippen molar-refractivity contribution in [3.63, 3.8) is 0 Å². The summed E-state index contributed by atoms with van der Waals surface area (Å²) in [6, 6.07) is 12.1. The summed E-state index contributed by atoms with van der Waals surface area (Å²) in [6.45, 7) is 3.40. The van der Waals surface area contributed by atoms with Gasteiger partial charge in [-0.15, -0.1) is 0 Å². The van der Waals surface area contributed by atoms with Gasteiger partial charge in [-0.3, -0.25) is 9.69 Å². The fourth-order valence-corrected chi connectivity index (χ4v) is 3.39. The second kappa shape index (κ2) is 8.46. The molecule has 0 radical (unpaired) electrons. The van der Waals surface area contributed by atoms with Crippen molar-refractivity contribution in [2.75, 3.05) is 25.5 Å². The van der Waals surface area contributed by atoms with E-state index in [-0.39, 0.29) is 17.7 Å². The number of hydrogen-bond donors (Lipinski definition) is 2. The highest BCUT2D eigenvalue weighted by Gasteiger charge is 2.23. The van der Waals surface area contributed by atoms with Gasteiger partial charge in [-0.25, -0.2) is 0 Å². The number of methoxy groups -OCH3 is 1. The van der Waals surface area contributed by atoms with E-state index in [1.165, 1.54) is 5.57 Å². The van der Waals surface area contributed by atoms with Crippen molar-refractivity contribution >= 4 is 28.8 Å². The summed E-state index contributed by atoms with van der Waals surface area (Å²) in [6.07, 6.45) is 3.00. The maximum Gasteiger partial charge on any atom is 0.241 e. The summed E-state index contributed by atoms with van der Waals surface area (Å²) in [4.78, 5) is 14.7. The predicted octanol–water partition coefficient (Wildman–Crippen LogP) is 4.17. The van der Waals surface area contributed by atoms with Crippen LogP contribution in [0.2, 0.25) is 5.02 Å². The maximum atomic E-state index is 12.6. The second-order valence-corrected chi connectivity index (χ2v) is 6.94. The fourth-order valence-electron chi connectivity index (χ4n) is 3.13. The predicted molar refractivity (Wildman–Crippen MR) is 108 cm³/mol. The van der Waals surface area contributed by atoms with Crippen LogP contribution < -0.4 is 10.1 Å². The third-order valence-corrected chi connectivity index (χ3v) is 5.12. The highest BCUT2D eigenvalue weighted by atomic mass is 35.5. The lowest BCUT2D eigenvalue weighted by atomic mass is 9.98. The number of rotatable bonds is 5. The van der Waals surface area contributed by atoms with Crippen LogP contribution in [-0.4, -0.2) is 42.2 Å². The van der Waals surface area contributed by atoms with E-state index >= 15 is 0 Å². The number of phenols is 1. The Morgan fingerprint density at radius 1 is 1.26 bits per heavy atom. The van der Waals surface area contributed by atoms with Crippen LogP contribution >= 0.6 is 11.6 Å². The first kappa shape index (κ1) is 19.3. The Bertz CT molecular complexity index is 849. The van der Waals surface area contributed by atoms with Gasteiger partial charge in [-0.1, -0.05) is 29.8 Å². The van der Waals surface area contributed by atoms with E-state index in [4.69, 9.17) is 16.3 Å². The molecule has 0 saturated heterocycles. The Morgan fingerprint density at radius 3 is 2.59 bits per heavy atom. The Kier molecular flexibility index (Phi) is 6.04. The first-order valence-corrected chi connectivity index (χ1v) is 9.22. The van der Waals surface area contributed by atoms with Gasteiger partial charge in [0, 0.05) is 18.8 Å². The normalized spacial score (nSPS) is 15.7. The zero-order chi connectivity index (χ0) is 19.4. The van der Waals surface area contributed by atoms with Gasteiger partial charge in [0.05, 0.1) is 18.2 Å². The molecule has 5 nitrogen and oxygen atoms in total. The number of nitrogens with one attached hydrogen (secondary N) is 1. The van der Waals surface area contributed by atoms with E-state index in [2.05, 4.69) is 16.3 Å². The zero-order valence-electron chi connectivity index (χ0n) is 15.4. The Labute approximate surface area is 164 Å². The molecule has 6 heteroatoms. The number of amides is 1. The van der Waals surface area contributed by atoms with E-state index in [0.29, 0.717) is 23.0 Å². The minimum Gasteiger partial charge on any atom is -0.508 e. The number of aromatic hydroxyl groups is 1. The molecule has 1 amide bonds. The summed E-state index contributed by atoms with van der Waals surface area (Å²) in [5.74, 6) is 0.768. The van der Waals surface area contributed by atoms with Crippen molar-refractivity contribution in [3.05, 3.63) is 59.1 Å². The highest BCUT2D eigenvalue weighted by molar-refractivity contribution is 6.32. The van der Waals surface area contributed by atoms with Crippen LogP contribution in [-0.2, 0) is 4.79 Å². The molecule has 0 spiro atoms. The number of phenolic OH excluding ortho intramolecular Hbond substituents is 1. The monoisotopic (exact) mass is 386 g/mol. The quantitative estimate of drug-likeness (QED) is 0.809. The van der Waals surface area contributed by atoms with Crippen molar-refractivity contribution in [2.45, 2.75) is 19.4 Å². The summed E-state index contributed by atoms with van der Waals surface area (Å²) < 4.78 is 5.13. The van der Waals surface area contributed by atoms with Crippen molar-refractivity contribution < 1.29 is 14.6 Å². The molecule has 142 valence electrons. The van der Waals surface area contributed by atoms with E-state index < -0.39 is 0 Å². The van der Waals surface area contributed by atoms with Gasteiger partial charge in [-0.2, -0.15) is 0 Å². The number of nitrogens with zero attached hydrogens (tertiary/aromatic N) is 1. The van der Waals surface area contributed by atoms with E-state index in [0.717, 1.165) is 18.5 Å². The molecule has 0 aliphatic carbocycles. The number of carbonyl (C=O) groups is 1. The summed E-state index contributed by atoms with van der Waals surface area (Å²) in [5.41, 5.74) is 2.99. The van der Waals surface area contributed by atoms with Gasteiger partial charge in [0.2, 0.25) is 5.91 Å². The number of hydrogen-bond acceptors (Lipinski definition) is 4. The van der Waals surface area contributed by atoms with Gasteiger partial charge in [0.15, 0.2) is 0 Å². The minimum atomic E-state index is -0.261. The minimum absolute atomic E-state index is 0.0716. The molecule has 0 aromatic heterocycles. The maximum absolute atomic E-state index is 12.6. The molecule has 0 bridgehead atoms. The SMILES string of the molecule is COc1ccc(NC(=O)[C@H](C)N2CC=C(c3ccc(O)cc3)CC2)cc1Cl. The smallest absolute Gasteiger partial charge is 0.241 e. The molecule has 1 heterocycles. The first-order valence-electron chi connectivity index (χ1n) is 8.85. The zero-order valence-corrected chi connectivity index (χ0v) is 16.2. The van der Waals surface area contributed by atoms with Crippen LogP contribution in [0.4, 0.5) is 5.69 Å². The van der Waals surface area contributed by atoms with Gasteiger partial charge in [0.1, 0.15) is 11.5 Å². The number of anilines is 1. The number of ether oxygens (including phenoxy) is 1. The van der Waals surface area contributed by atoms with Gasteiger partial charge < -0.3 is 15.2 Å². The molecular formula is C21H23ClN2O3. The number of carbonyl (C=O) groups excluding carboxylic acids is 1. The molecule has 0 saturated carbocycles. The molecule has 27 heavy (non-hydrogen) atoms. The lowest BCUT2D eigenvalue weighted by molar-refractivity contribution is -0.120. The average molecular weight is 387 g/mol. The Balaban J connectivity index is 1.61. The summed E-state index contributed by atoms with van der Waals surface area (Å²) in [7, 11) is 1.55. The van der Waals surface area contributed by atoms with Gasteiger partial charge >= 0.3 is 0 Å².